The quantitative estimate of drug-likeness (QED) is 0.839. The second kappa shape index (κ2) is 5.91. The van der Waals surface area contributed by atoms with Gasteiger partial charge >= 0.3 is 6.18 Å². The molecule has 2 rings (SSSR count). The number of alkyl halides is 3. The second-order valence-electron chi connectivity index (χ2n) is 5.18. The van der Waals surface area contributed by atoms with Crippen LogP contribution in [-0.2, 0) is 6.18 Å². The molecule has 1 unspecified atom stereocenters. The zero-order valence-electron chi connectivity index (χ0n) is 11.5. The Morgan fingerprint density at radius 1 is 1.40 bits per heavy atom. The van der Waals surface area contributed by atoms with Crippen molar-refractivity contribution in [2.75, 3.05) is 30.7 Å². The Morgan fingerprint density at radius 2 is 2.15 bits per heavy atom. The first kappa shape index (κ1) is 15.0. The predicted molar refractivity (Wildman–Crippen MR) is 74.6 cm³/mol. The van der Waals surface area contributed by atoms with Crippen LogP contribution in [0.3, 0.4) is 0 Å². The minimum atomic E-state index is -4.35. The maximum absolute atomic E-state index is 12.6. The number of nitrogens with one attached hydrogen (secondary N) is 1. The van der Waals surface area contributed by atoms with E-state index in [4.69, 9.17) is 5.73 Å². The molecular formula is C14H20F3N3. The smallest absolute Gasteiger partial charge is 0.397 e. The first-order chi connectivity index (χ1) is 9.40. The summed E-state index contributed by atoms with van der Waals surface area (Å²) in [7, 11) is 0. The number of anilines is 2. The Labute approximate surface area is 116 Å². The highest BCUT2D eigenvalue weighted by molar-refractivity contribution is 5.67. The summed E-state index contributed by atoms with van der Waals surface area (Å²) >= 11 is 0. The van der Waals surface area contributed by atoms with E-state index >= 15 is 0 Å². The van der Waals surface area contributed by atoms with E-state index in [9.17, 15) is 13.2 Å². The summed E-state index contributed by atoms with van der Waals surface area (Å²) in [4.78, 5) is 2.32. The van der Waals surface area contributed by atoms with Gasteiger partial charge in [0.2, 0.25) is 0 Å². The van der Waals surface area contributed by atoms with Gasteiger partial charge in [-0.05, 0) is 44.1 Å². The van der Waals surface area contributed by atoms with Gasteiger partial charge in [-0.15, -0.1) is 0 Å². The third-order valence-electron chi connectivity index (χ3n) is 3.69. The molecule has 6 heteroatoms. The van der Waals surface area contributed by atoms with Gasteiger partial charge in [0.05, 0.1) is 16.9 Å². The van der Waals surface area contributed by atoms with E-state index in [1.54, 1.807) is 0 Å². The summed E-state index contributed by atoms with van der Waals surface area (Å²) < 4.78 is 37.7. The van der Waals surface area contributed by atoms with Gasteiger partial charge in [0, 0.05) is 12.6 Å². The average molecular weight is 287 g/mol. The predicted octanol–water partition coefficient (Wildman–Crippen LogP) is 3.18. The van der Waals surface area contributed by atoms with Crippen molar-refractivity contribution >= 4 is 11.4 Å². The summed E-state index contributed by atoms with van der Waals surface area (Å²) in [6, 6.07) is 3.72. The number of benzene rings is 1. The molecule has 1 fully saturated rings. The lowest BCUT2D eigenvalue weighted by Gasteiger charge is -2.33. The van der Waals surface area contributed by atoms with Gasteiger partial charge < -0.3 is 16.0 Å². The highest BCUT2D eigenvalue weighted by Gasteiger charge is 2.31. The SMILES string of the molecule is CCN1CCCC(Nc2ccc(C(F)(F)F)cc2N)C1. The van der Waals surface area contributed by atoms with Crippen molar-refractivity contribution < 1.29 is 13.2 Å². The van der Waals surface area contributed by atoms with Gasteiger partial charge in [-0.1, -0.05) is 6.92 Å². The number of rotatable bonds is 3. The summed E-state index contributed by atoms with van der Waals surface area (Å²) in [5.41, 5.74) is 5.75. The molecule has 1 aliphatic heterocycles. The minimum Gasteiger partial charge on any atom is -0.397 e. The number of likely N-dealkylation sites (tertiary alicyclic amines) is 1. The van der Waals surface area contributed by atoms with Gasteiger partial charge in [-0.2, -0.15) is 13.2 Å². The minimum absolute atomic E-state index is 0.147. The fourth-order valence-electron chi connectivity index (χ4n) is 2.55. The molecule has 3 nitrogen and oxygen atoms in total. The third-order valence-corrected chi connectivity index (χ3v) is 3.69. The lowest BCUT2D eigenvalue weighted by molar-refractivity contribution is -0.137. The molecule has 1 aliphatic rings. The normalized spacial score (nSPS) is 20.9. The summed E-state index contributed by atoms with van der Waals surface area (Å²) in [5.74, 6) is 0. The van der Waals surface area contributed by atoms with Crippen LogP contribution in [0.25, 0.3) is 0 Å². The van der Waals surface area contributed by atoms with Crippen molar-refractivity contribution in [1.29, 1.82) is 0 Å². The number of nitrogen functional groups attached to an aromatic ring is 1. The number of likely N-dealkylation sites (N-methyl/N-ethyl adjacent to an activating group) is 1. The third kappa shape index (κ3) is 3.56. The molecule has 0 aromatic heterocycles. The zero-order valence-corrected chi connectivity index (χ0v) is 11.5. The second-order valence-corrected chi connectivity index (χ2v) is 5.18. The monoisotopic (exact) mass is 287 g/mol. The lowest BCUT2D eigenvalue weighted by atomic mass is 10.0. The summed E-state index contributed by atoms with van der Waals surface area (Å²) in [6.45, 7) is 5.07. The number of piperidine rings is 1. The van der Waals surface area contributed by atoms with Crippen molar-refractivity contribution in [1.82, 2.24) is 4.90 Å². The number of nitrogens with zero attached hydrogens (tertiary/aromatic N) is 1. The first-order valence-corrected chi connectivity index (χ1v) is 6.85. The molecule has 1 heterocycles. The molecule has 1 atom stereocenters. The number of nitrogens with two attached hydrogens (primary N) is 1. The molecule has 0 saturated carbocycles. The molecule has 0 aliphatic carbocycles. The van der Waals surface area contributed by atoms with E-state index in [1.165, 1.54) is 6.07 Å². The van der Waals surface area contributed by atoms with Crippen molar-refractivity contribution in [3.63, 3.8) is 0 Å². The van der Waals surface area contributed by atoms with E-state index in [-0.39, 0.29) is 11.7 Å². The van der Waals surface area contributed by atoms with Crippen molar-refractivity contribution in [3.05, 3.63) is 23.8 Å². The van der Waals surface area contributed by atoms with Gasteiger partial charge in [-0.3, -0.25) is 0 Å². The van der Waals surface area contributed by atoms with E-state index in [0.29, 0.717) is 5.69 Å². The molecule has 1 saturated heterocycles. The maximum Gasteiger partial charge on any atom is 0.416 e. The molecule has 3 N–H and O–H groups in total. The van der Waals surface area contributed by atoms with Gasteiger partial charge in [0.1, 0.15) is 0 Å². The molecule has 0 radical (unpaired) electrons. The highest BCUT2D eigenvalue weighted by Crippen LogP contribution is 2.33. The average Bonchev–Trinajstić information content (AvgIpc) is 2.40. The van der Waals surface area contributed by atoms with Crippen LogP contribution >= 0.6 is 0 Å². The lowest BCUT2D eigenvalue weighted by Crippen LogP contribution is -2.41. The van der Waals surface area contributed by atoms with Crippen LogP contribution in [0.1, 0.15) is 25.3 Å². The molecular weight excluding hydrogens is 267 g/mol. The molecule has 0 bridgehead atoms. The van der Waals surface area contributed by atoms with Crippen molar-refractivity contribution in [2.24, 2.45) is 0 Å². The topological polar surface area (TPSA) is 41.3 Å². The molecule has 20 heavy (non-hydrogen) atoms. The Morgan fingerprint density at radius 3 is 2.75 bits per heavy atom. The Hall–Kier alpha value is -1.43. The van der Waals surface area contributed by atoms with Crippen LogP contribution in [0.5, 0.6) is 0 Å². The zero-order chi connectivity index (χ0) is 14.8. The van der Waals surface area contributed by atoms with E-state index < -0.39 is 11.7 Å². The van der Waals surface area contributed by atoms with Gasteiger partial charge in [0.15, 0.2) is 0 Å². The van der Waals surface area contributed by atoms with Crippen LogP contribution in [-0.4, -0.2) is 30.6 Å². The van der Waals surface area contributed by atoms with Crippen LogP contribution in [0.4, 0.5) is 24.5 Å². The van der Waals surface area contributed by atoms with Crippen LogP contribution in [0.2, 0.25) is 0 Å². The molecule has 0 spiro atoms. The number of hydrogen-bond donors (Lipinski definition) is 2. The number of halogens is 3. The standard InChI is InChI=1S/C14H20F3N3/c1-2-20-7-3-4-11(9-20)19-13-6-5-10(8-12(13)18)14(15,16)17/h5-6,8,11,19H,2-4,7,9,18H2,1H3. The van der Waals surface area contributed by atoms with Gasteiger partial charge in [-0.25, -0.2) is 0 Å². The first-order valence-electron chi connectivity index (χ1n) is 6.85. The number of hydrogen-bond acceptors (Lipinski definition) is 3. The molecule has 0 amide bonds. The summed E-state index contributed by atoms with van der Waals surface area (Å²) in [5, 5.41) is 3.26. The fraction of sp³-hybridized carbons (Fsp3) is 0.571. The van der Waals surface area contributed by atoms with Crippen LogP contribution in [0.15, 0.2) is 18.2 Å². The van der Waals surface area contributed by atoms with E-state index in [0.717, 1.165) is 44.6 Å². The highest BCUT2D eigenvalue weighted by atomic mass is 19.4. The molecule has 1 aromatic carbocycles. The Bertz CT molecular complexity index is 459. The Balaban J connectivity index is 2.06. The molecule has 1 aromatic rings. The Kier molecular flexibility index (Phi) is 4.42. The summed E-state index contributed by atoms with van der Waals surface area (Å²) in [6.07, 6.45) is -2.25. The molecule has 112 valence electrons. The van der Waals surface area contributed by atoms with Crippen LogP contribution in [0, 0.1) is 0 Å². The largest absolute Gasteiger partial charge is 0.416 e. The fourth-order valence-corrected chi connectivity index (χ4v) is 2.55. The maximum atomic E-state index is 12.6. The van der Waals surface area contributed by atoms with Crippen molar-refractivity contribution in [2.45, 2.75) is 32.0 Å². The van der Waals surface area contributed by atoms with E-state index in [2.05, 4.69) is 17.1 Å². The van der Waals surface area contributed by atoms with Crippen LogP contribution < -0.4 is 11.1 Å². The van der Waals surface area contributed by atoms with E-state index in [1.807, 2.05) is 0 Å². The van der Waals surface area contributed by atoms with Crippen molar-refractivity contribution in [3.8, 4) is 0 Å². The van der Waals surface area contributed by atoms with Gasteiger partial charge in [0.25, 0.3) is 0 Å².